The van der Waals surface area contributed by atoms with E-state index in [0.717, 1.165) is 30.2 Å². The molecule has 1 aliphatic rings. The number of ether oxygens (including phenoxy) is 1. The van der Waals surface area contributed by atoms with E-state index in [2.05, 4.69) is 23.9 Å². The average molecular weight is 249 g/mol. The van der Waals surface area contributed by atoms with Gasteiger partial charge in [0.25, 0.3) is 0 Å². The normalized spacial score (nSPS) is 20.2. The van der Waals surface area contributed by atoms with Crippen molar-refractivity contribution in [3.05, 3.63) is 18.2 Å². The lowest BCUT2D eigenvalue weighted by Gasteiger charge is -2.38. The number of nitrogens with two attached hydrogens (primary N) is 1. The van der Waals surface area contributed by atoms with Crippen LogP contribution >= 0.6 is 0 Å². The number of anilines is 2. The maximum Gasteiger partial charge on any atom is 0.121 e. The molecule has 0 aromatic heterocycles. The van der Waals surface area contributed by atoms with Gasteiger partial charge in [-0.1, -0.05) is 0 Å². The highest BCUT2D eigenvalue weighted by Crippen LogP contribution is 2.30. The van der Waals surface area contributed by atoms with Crippen molar-refractivity contribution in [2.75, 3.05) is 44.9 Å². The minimum atomic E-state index is 0.601. The third-order valence-electron chi connectivity index (χ3n) is 3.71. The molecule has 1 aliphatic heterocycles. The lowest BCUT2D eigenvalue weighted by molar-refractivity contribution is 0.258. The highest BCUT2D eigenvalue weighted by Gasteiger charge is 2.22. The molecule has 0 amide bonds. The van der Waals surface area contributed by atoms with E-state index in [1.807, 2.05) is 18.2 Å². The number of benzene rings is 1. The fourth-order valence-corrected chi connectivity index (χ4v) is 2.52. The molecule has 1 atom stereocenters. The molecule has 2 rings (SSSR count). The summed E-state index contributed by atoms with van der Waals surface area (Å²) in [6.07, 6.45) is 2.47. The fraction of sp³-hybridized carbons (Fsp3) is 0.571. The predicted molar refractivity (Wildman–Crippen MR) is 76.3 cm³/mol. The zero-order valence-electron chi connectivity index (χ0n) is 11.5. The molecular weight excluding hydrogens is 226 g/mol. The van der Waals surface area contributed by atoms with Gasteiger partial charge in [-0.05, 0) is 39.1 Å². The monoisotopic (exact) mass is 249 g/mol. The molecule has 100 valence electrons. The molecule has 0 bridgehead atoms. The number of methoxy groups -OCH3 is 1. The van der Waals surface area contributed by atoms with Crippen molar-refractivity contribution in [3.8, 4) is 5.75 Å². The Hall–Kier alpha value is -1.42. The standard InChI is InChI=1S/C14H23N3O/c1-16(2)11-5-4-8-17(10-11)14-9-12(18-3)6-7-13(14)15/h6-7,9,11H,4-5,8,10,15H2,1-3H3. The first-order valence-corrected chi connectivity index (χ1v) is 6.46. The number of hydrogen-bond acceptors (Lipinski definition) is 4. The summed E-state index contributed by atoms with van der Waals surface area (Å²) in [5, 5.41) is 0. The van der Waals surface area contributed by atoms with Gasteiger partial charge in [0.2, 0.25) is 0 Å². The summed E-state index contributed by atoms with van der Waals surface area (Å²) in [6, 6.07) is 6.47. The Balaban J connectivity index is 2.19. The number of nitrogens with zero attached hydrogens (tertiary/aromatic N) is 2. The SMILES string of the molecule is COc1ccc(N)c(N2CCCC(N(C)C)C2)c1. The van der Waals surface area contributed by atoms with Crippen LogP contribution in [-0.2, 0) is 0 Å². The first-order chi connectivity index (χ1) is 8.61. The van der Waals surface area contributed by atoms with Crippen molar-refractivity contribution in [1.29, 1.82) is 0 Å². The highest BCUT2D eigenvalue weighted by atomic mass is 16.5. The molecule has 1 fully saturated rings. The van der Waals surface area contributed by atoms with Gasteiger partial charge < -0.3 is 20.3 Å². The summed E-state index contributed by atoms with van der Waals surface area (Å²) in [4.78, 5) is 4.66. The van der Waals surface area contributed by atoms with Crippen LogP contribution < -0.4 is 15.4 Å². The van der Waals surface area contributed by atoms with Crippen LogP contribution in [0.4, 0.5) is 11.4 Å². The zero-order chi connectivity index (χ0) is 13.1. The number of likely N-dealkylation sites (N-methyl/N-ethyl adjacent to an activating group) is 1. The predicted octanol–water partition coefficient (Wildman–Crippen LogP) is 1.81. The first-order valence-electron chi connectivity index (χ1n) is 6.46. The molecule has 2 N–H and O–H groups in total. The Kier molecular flexibility index (Phi) is 3.97. The third-order valence-corrected chi connectivity index (χ3v) is 3.71. The Morgan fingerprint density at radius 1 is 1.39 bits per heavy atom. The first kappa shape index (κ1) is 13.0. The lowest BCUT2D eigenvalue weighted by Crippen LogP contribution is -2.45. The van der Waals surface area contributed by atoms with E-state index in [0.29, 0.717) is 6.04 Å². The second-order valence-electron chi connectivity index (χ2n) is 5.13. The van der Waals surface area contributed by atoms with Gasteiger partial charge in [0.05, 0.1) is 18.5 Å². The number of nitrogen functional groups attached to an aromatic ring is 1. The Bertz CT molecular complexity index is 406. The molecule has 0 aliphatic carbocycles. The van der Waals surface area contributed by atoms with E-state index >= 15 is 0 Å². The van der Waals surface area contributed by atoms with Gasteiger partial charge in [0, 0.05) is 25.2 Å². The second kappa shape index (κ2) is 5.48. The van der Waals surface area contributed by atoms with Crippen LogP contribution in [0.1, 0.15) is 12.8 Å². The van der Waals surface area contributed by atoms with Crippen molar-refractivity contribution in [1.82, 2.24) is 4.90 Å². The molecule has 0 spiro atoms. The molecule has 4 heteroatoms. The minimum absolute atomic E-state index is 0.601. The maximum absolute atomic E-state index is 6.09. The van der Waals surface area contributed by atoms with Crippen LogP contribution in [0.3, 0.4) is 0 Å². The highest BCUT2D eigenvalue weighted by molar-refractivity contribution is 5.69. The summed E-state index contributed by atoms with van der Waals surface area (Å²) in [5.74, 6) is 0.867. The molecule has 0 radical (unpaired) electrons. The molecule has 0 saturated carbocycles. The summed E-state index contributed by atoms with van der Waals surface area (Å²) < 4.78 is 5.28. The number of piperidine rings is 1. The van der Waals surface area contributed by atoms with E-state index in [9.17, 15) is 0 Å². The summed E-state index contributed by atoms with van der Waals surface area (Å²) in [5.41, 5.74) is 8.01. The molecule has 4 nitrogen and oxygen atoms in total. The van der Waals surface area contributed by atoms with Gasteiger partial charge in [0.1, 0.15) is 5.75 Å². The molecule has 1 aromatic rings. The third kappa shape index (κ3) is 2.70. The van der Waals surface area contributed by atoms with Gasteiger partial charge in [-0.3, -0.25) is 0 Å². The van der Waals surface area contributed by atoms with Crippen molar-refractivity contribution in [3.63, 3.8) is 0 Å². The lowest BCUT2D eigenvalue weighted by atomic mass is 10.0. The van der Waals surface area contributed by atoms with Gasteiger partial charge in [0.15, 0.2) is 0 Å². The van der Waals surface area contributed by atoms with Crippen LogP contribution in [0.5, 0.6) is 5.75 Å². The van der Waals surface area contributed by atoms with Gasteiger partial charge in [-0.25, -0.2) is 0 Å². The molecule has 1 heterocycles. The largest absolute Gasteiger partial charge is 0.497 e. The molecule has 18 heavy (non-hydrogen) atoms. The van der Waals surface area contributed by atoms with Gasteiger partial charge in [-0.15, -0.1) is 0 Å². The van der Waals surface area contributed by atoms with Crippen LogP contribution in [0.25, 0.3) is 0 Å². The summed E-state index contributed by atoms with van der Waals surface area (Å²) in [6.45, 7) is 2.10. The van der Waals surface area contributed by atoms with E-state index < -0.39 is 0 Å². The number of hydrogen-bond donors (Lipinski definition) is 1. The zero-order valence-corrected chi connectivity index (χ0v) is 11.5. The average Bonchev–Trinajstić information content (AvgIpc) is 2.39. The van der Waals surface area contributed by atoms with Crippen LogP contribution in [0.2, 0.25) is 0 Å². The Morgan fingerprint density at radius 3 is 2.83 bits per heavy atom. The minimum Gasteiger partial charge on any atom is -0.497 e. The van der Waals surface area contributed by atoms with Crippen molar-refractivity contribution >= 4 is 11.4 Å². The number of rotatable bonds is 3. The van der Waals surface area contributed by atoms with E-state index in [-0.39, 0.29) is 0 Å². The van der Waals surface area contributed by atoms with Gasteiger partial charge in [-0.2, -0.15) is 0 Å². The smallest absolute Gasteiger partial charge is 0.121 e. The van der Waals surface area contributed by atoms with Crippen molar-refractivity contribution < 1.29 is 4.74 Å². The molecule has 1 aromatic carbocycles. The molecule has 1 saturated heterocycles. The summed E-state index contributed by atoms with van der Waals surface area (Å²) in [7, 11) is 5.97. The van der Waals surface area contributed by atoms with E-state index in [1.165, 1.54) is 12.8 Å². The van der Waals surface area contributed by atoms with Gasteiger partial charge >= 0.3 is 0 Å². The molecular formula is C14H23N3O. The quantitative estimate of drug-likeness (QED) is 0.830. The van der Waals surface area contributed by atoms with E-state index in [4.69, 9.17) is 10.5 Å². The Morgan fingerprint density at radius 2 is 2.17 bits per heavy atom. The van der Waals surface area contributed by atoms with Crippen LogP contribution in [0, 0.1) is 0 Å². The fourth-order valence-electron chi connectivity index (χ4n) is 2.52. The van der Waals surface area contributed by atoms with Crippen LogP contribution in [-0.4, -0.2) is 45.2 Å². The van der Waals surface area contributed by atoms with E-state index in [1.54, 1.807) is 7.11 Å². The maximum atomic E-state index is 6.09. The topological polar surface area (TPSA) is 41.7 Å². The van der Waals surface area contributed by atoms with Crippen molar-refractivity contribution in [2.24, 2.45) is 0 Å². The Labute approximate surface area is 109 Å². The summed E-state index contributed by atoms with van der Waals surface area (Å²) >= 11 is 0. The van der Waals surface area contributed by atoms with Crippen molar-refractivity contribution in [2.45, 2.75) is 18.9 Å². The second-order valence-corrected chi connectivity index (χ2v) is 5.13. The van der Waals surface area contributed by atoms with Crippen LogP contribution in [0.15, 0.2) is 18.2 Å². The molecule has 1 unspecified atom stereocenters.